The monoisotopic (exact) mass is 804 g/mol. The third-order valence-electron chi connectivity index (χ3n) is 14.8. The molecule has 0 N–H and O–H groups in total. The summed E-state index contributed by atoms with van der Waals surface area (Å²) in [4.78, 5) is 0. The van der Waals surface area contributed by atoms with E-state index in [9.17, 15) is 0 Å². The Morgan fingerprint density at radius 3 is 1.87 bits per heavy atom. The molecule has 0 spiro atoms. The van der Waals surface area contributed by atoms with Gasteiger partial charge in [0.25, 0.3) is 0 Å². The van der Waals surface area contributed by atoms with Crippen LogP contribution in [0.25, 0.3) is 120 Å². The molecule has 2 nitrogen and oxygen atoms in total. The number of para-hydroxylation sites is 1. The maximum absolute atomic E-state index is 6.50. The van der Waals surface area contributed by atoms with Crippen molar-refractivity contribution in [3.63, 3.8) is 0 Å². The minimum atomic E-state index is -0.0749. The van der Waals surface area contributed by atoms with Crippen LogP contribution in [0.5, 0.6) is 0 Å². The van der Waals surface area contributed by atoms with Gasteiger partial charge in [-0.3, -0.25) is 0 Å². The van der Waals surface area contributed by atoms with Gasteiger partial charge in [-0.25, -0.2) is 0 Å². The van der Waals surface area contributed by atoms with Gasteiger partial charge in [-0.15, -0.1) is 0 Å². The van der Waals surface area contributed by atoms with Crippen molar-refractivity contribution < 1.29 is 8.83 Å². The van der Waals surface area contributed by atoms with Gasteiger partial charge < -0.3 is 8.83 Å². The lowest BCUT2D eigenvalue weighted by molar-refractivity contribution is 0.419. The fourth-order valence-corrected chi connectivity index (χ4v) is 11.7. The predicted octanol–water partition coefficient (Wildman–Crippen LogP) is 17.2. The average Bonchev–Trinajstić information content (AvgIpc) is 3.96. The predicted molar refractivity (Wildman–Crippen MR) is 265 cm³/mol. The highest BCUT2D eigenvalue weighted by Crippen LogP contribution is 2.57. The minimum Gasteiger partial charge on any atom is -0.456 e. The third kappa shape index (κ3) is 4.89. The summed E-state index contributed by atoms with van der Waals surface area (Å²) in [5.74, 6) is 0.349. The summed E-state index contributed by atoms with van der Waals surface area (Å²) in [6.45, 7) is 4.92. The van der Waals surface area contributed by atoms with Crippen LogP contribution >= 0.6 is 0 Å². The number of hydrogen-bond acceptors (Lipinski definition) is 2. The SMILES string of the molecule is CC1(C)c2cc(-c3ccc4oc5cc6ccc7c8ccccc8oc7c6cc5c4c3)ccc2C2=CC=C(c3c4ccccc4c(-c4cccc5ccccc45)c4ccccc34)CC21. The van der Waals surface area contributed by atoms with Crippen LogP contribution in [0.15, 0.2) is 197 Å². The van der Waals surface area contributed by atoms with E-state index < -0.39 is 0 Å². The quantitative estimate of drug-likeness (QED) is 0.166. The van der Waals surface area contributed by atoms with E-state index in [1.165, 1.54) is 82.4 Å². The molecular weight excluding hydrogens is 765 g/mol. The third-order valence-corrected chi connectivity index (χ3v) is 14.8. The van der Waals surface area contributed by atoms with Gasteiger partial charge in [-0.2, -0.15) is 0 Å². The Bertz CT molecular complexity index is 3970. The lowest BCUT2D eigenvalue weighted by Crippen LogP contribution is -2.25. The molecule has 2 aromatic heterocycles. The van der Waals surface area contributed by atoms with E-state index in [-0.39, 0.29) is 5.41 Å². The van der Waals surface area contributed by atoms with Gasteiger partial charge in [0.1, 0.15) is 22.3 Å². The van der Waals surface area contributed by atoms with Gasteiger partial charge in [0.05, 0.1) is 0 Å². The van der Waals surface area contributed by atoms with Gasteiger partial charge in [0, 0.05) is 26.9 Å². The largest absolute Gasteiger partial charge is 0.456 e. The Morgan fingerprint density at radius 2 is 1.06 bits per heavy atom. The summed E-state index contributed by atoms with van der Waals surface area (Å²) in [7, 11) is 0. The van der Waals surface area contributed by atoms with Crippen molar-refractivity contribution in [2.75, 3.05) is 0 Å². The summed E-state index contributed by atoms with van der Waals surface area (Å²) in [6, 6.07) is 64.6. The standard InChI is InChI=1S/C61H40O2/c1-61(2)53-31-37(36-25-29-56-51(30-36)52-34-50-38(33-57(52)62-56)23-28-49-43-15-9-10-21-55(43)63-60(49)50)22-26-41(53)42-27-24-39(32-54(42)61)58-45-16-5-7-18-47(45)59(48-19-8-6-17-46(48)58)44-20-11-13-35-12-3-4-14-40(35)44/h3-31,33-34,54H,32H2,1-2H3. The number of hydrogen-bond donors (Lipinski definition) is 0. The van der Waals surface area contributed by atoms with E-state index in [1.54, 1.807) is 0 Å². The van der Waals surface area contributed by atoms with E-state index in [0.29, 0.717) is 5.92 Å². The highest BCUT2D eigenvalue weighted by molar-refractivity contribution is 6.22. The molecule has 0 amide bonds. The number of fused-ring (bicyclic) bond motifs is 14. The van der Waals surface area contributed by atoms with Crippen LogP contribution in [-0.4, -0.2) is 0 Å². The van der Waals surface area contributed by atoms with Gasteiger partial charge in [0.15, 0.2) is 0 Å². The first-order chi connectivity index (χ1) is 31.0. The molecule has 1 unspecified atom stereocenters. The number of rotatable bonds is 3. The Balaban J connectivity index is 0.874. The fraction of sp³-hybridized carbons (Fsp3) is 0.0820. The molecule has 0 fully saturated rings. The van der Waals surface area contributed by atoms with Crippen LogP contribution in [0, 0.1) is 5.92 Å². The van der Waals surface area contributed by atoms with Crippen molar-refractivity contribution in [2.24, 2.45) is 5.92 Å². The molecule has 12 aromatic rings. The molecule has 1 atom stereocenters. The molecule has 63 heavy (non-hydrogen) atoms. The molecule has 0 aliphatic heterocycles. The summed E-state index contributed by atoms with van der Waals surface area (Å²) in [5.41, 5.74) is 15.6. The zero-order chi connectivity index (χ0) is 41.6. The molecule has 10 aromatic carbocycles. The normalized spacial score (nSPS) is 15.9. The summed E-state index contributed by atoms with van der Waals surface area (Å²) in [5, 5.41) is 14.5. The molecule has 0 saturated heterocycles. The summed E-state index contributed by atoms with van der Waals surface area (Å²) >= 11 is 0. The first kappa shape index (κ1) is 35.0. The molecule has 14 rings (SSSR count). The first-order valence-electron chi connectivity index (χ1n) is 22.2. The van der Waals surface area contributed by atoms with Gasteiger partial charge in [0.2, 0.25) is 0 Å². The van der Waals surface area contributed by atoms with Crippen LogP contribution in [0.2, 0.25) is 0 Å². The molecule has 2 aliphatic rings. The van der Waals surface area contributed by atoms with Crippen molar-refractivity contribution in [1.82, 2.24) is 0 Å². The lowest BCUT2D eigenvalue weighted by Gasteiger charge is -2.32. The highest BCUT2D eigenvalue weighted by atomic mass is 16.3. The fourth-order valence-electron chi connectivity index (χ4n) is 11.7. The molecule has 0 saturated carbocycles. The van der Waals surface area contributed by atoms with Crippen molar-refractivity contribution >= 4 is 98.1 Å². The molecule has 296 valence electrons. The first-order valence-corrected chi connectivity index (χ1v) is 22.2. The van der Waals surface area contributed by atoms with Crippen molar-refractivity contribution in [1.29, 1.82) is 0 Å². The van der Waals surface area contributed by atoms with Crippen molar-refractivity contribution in [2.45, 2.75) is 25.7 Å². The zero-order valence-electron chi connectivity index (χ0n) is 35.0. The molecule has 0 bridgehead atoms. The van der Waals surface area contributed by atoms with E-state index in [4.69, 9.17) is 8.83 Å². The van der Waals surface area contributed by atoms with Crippen LogP contribution in [0.4, 0.5) is 0 Å². The molecule has 2 heterocycles. The zero-order valence-corrected chi connectivity index (χ0v) is 35.0. The Labute approximate surface area is 364 Å². The van der Waals surface area contributed by atoms with Crippen LogP contribution in [0.3, 0.4) is 0 Å². The Morgan fingerprint density at radius 1 is 0.413 bits per heavy atom. The maximum Gasteiger partial charge on any atom is 0.143 e. The second-order valence-corrected chi connectivity index (χ2v) is 18.3. The molecule has 0 radical (unpaired) electrons. The number of furan rings is 2. The van der Waals surface area contributed by atoms with E-state index in [0.717, 1.165) is 61.1 Å². The molecule has 2 aliphatic carbocycles. The number of benzene rings is 10. The van der Waals surface area contributed by atoms with E-state index in [2.05, 4.69) is 190 Å². The smallest absolute Gasteiger partial charge is 0.143 e. The van der Waals surface area contributed by atoms with E-state index in [1.807, 2.05) is 12.1 Å². The van der Waals surface area contributed by atoms with Gasteiger partial charge in [-0.1, -0.05) is 159 Å². The van der Waals surface area contributed by atoms with Crippen molar-refractivity contribution in [3.8, 4) is 22.3 Å². The maximum atomic E-state index is 6.50. The van der Waals surface area contributed by atoms with Crippen LogP contribution in [-0.2, 0) is 5.41 Å². The van der Waals surface area contributed by atoms with E-state index >= 15 is 0 Å². The molecular formula is C61H40O2. The van der Waals surface area contributed by atoms with Crippen LogP contribution < -0.4 is 0 Å². The summed E-state index contributed by atoms with van der Waals surface area (Å²) in [6.07, 6.45) is 5.84. The average molecular weight is 805 g/mol. The van der Waals surface area contributed by atoms with Gasteiger partial charge in [-0.05, 0) is 148 Å². The Hall–Kier alpha value is -7.68. The van der Waals surface area contributed by atoms with Crippen molar-refractivity contribution in [3.05, 3.63) is 205 Å². The second-order valence-electron chi connectivity index (χ2n) is 18.3. The second kappa shape index (κ2) is 12.7. The summed E-state index contributed by atoms with van der Waals surface area (Å²) < 4.78 is 13.0. The minimum absolute atomic E-state index is 0.0749. The lowest BCUT2D eigenvalue weighted by atomic mass is 9.71. The molecule has 2 heteroatoms. The number of allylic oxidation sites excluding steroid dienone is 4. The highest BCUT2D eigenvalue weighted by Gasteiger charge is 2.44. The topological polar surface area (TPSA) is 26.3 Å². The van der Waals surface area contributed by atoms with Crippen LogP contribution in [0.1, 0.15) is 37.0 Å². The Kier molecular flexibility index (Phi) is 7.04. The van der Waals surface area contributed by atoms with Gasteiger partial charge >= 0.3 is 0 Å².